The zero-order valence-corrected chi connectivity index (χ0v) is 18.4. The van der Waals surface area contributed by atoms with E-state index < -0.39 is 28.4 Å². The molecule has 9 nitrogen and oxygen atoms in total. The first-order valence-electron chi connectivity index (χ1n) is 9.22. The van der Waals surface area contributed by atoms with E-state index in [1.807, 2.05) is 6.07 Å². The molecule has 1 N–H and O–H groups in total. The number of nitrogens with one attached hydrogen (secondary N) is 1. The second-order valence-electron chi connectivity index (χ2n) is 6.28. The van der Waals surface area contributed by atoms with E-state index in [0.717, 1.165) is 15.6 Å². The number of benzene rings is 1. The highest BCUT2D eigenvalue weighted by Gasteiger charge is 2.25. The van der Waals surface area contributed by atoms with Gasteiger partial charge in [0.15, 0.2) is 5.13 Å². The Labute approximate surface area is 183 Å². The van der Waals surface area contributed by atoms with E-state index in [0.29, 0.717) is 11.3 Å². The quantitative estimate of drug-likeness (QED) is 0.513. The summed E-state index contributed by atoms with van der Waals surface area (Å²) < 4.78 is 31.1. The minimum absolute atomic E-state index is 0.0180. The number of carbonyl (C=O) groups is 2. The molecular formula is C20H20N4O5S2. The topological polar surface area (TPSA) is 119 Å². The van der Waals surface area contributed by atoms with Gasteiger partial charge in [-0.1, -0.05) is 41.7 Å². The molecule has 3 rings (SSSR count). The van der Waals surface area contributed by atoms with E-state index in [2.05, 4.69) is 15.3 Å². The van der Waals surface area contributed by atoms with Crippen molar-refractivity contribution in [1.82, 2.24) is 14.3 Å². The van der Waals surface area contributed by atoms with Crippen LogP contribution in [0.5, 0.6) is 0 Å². The molecular weight excluding hydrogens is 440 g/mol. The molecule has 3 aromatic rings. The third-order valence-electron chi connectivity index (χ3n) is 4.09. The van der Waals surface area contributed by atoms with E-state index >= 15 is 0 Å². The minimum atomic E-state index is -3.87. The van der Waals surface area contributed by atoms with Crippen LogP contribution in [0, 0.1) is 0 Å². The Morgan fingerprint density at radius 2 is 1.90 bits per heavy atom. The summed E-state index contributed by atoms with van der Waals surface area (Å²) in [6, 6.07) is 11.9. The summed E-state index contributed by atoms with van der Waals surface area (Å²) in [5, 5.41) is 2.73. The highest BCUT2D eigenvalue weighted by atomic mass is 32.2. The standard InChI is InChI=1S/C20H20N4O5S2/c1-3-29-19(26)18-17(14-8-5-4-6-9-14)23-20(30-18)22-16(25)13-24(2)31(27,28)15-10-7-11-21-12-15/h4-12H,3,13H2,1-2H3,(H,22,23,25). The molecule has 2 aromatic heterocycles. The van der Waals surface area contributed by atoms with E-state index in [1.54, 1.807) is 31.2 Å². The molecule has 0 atom stereocenters. The van der Waals surface area contributed by atoms with Crippen molar-refractivity contribution in [3.05, 3.63) is 59.7 Å². The maximum atomic E-state index is 12.6. The maximum Gasteiger partial charge on any atom is 0.350 e. The number of esters is 1. The SMILES string of the molecule is CCOC(=O)c1sc(NC(=O)CN(C)S(=O)(=O)c2cccnc2)nc1-c1ccccc1. The number of hydrogen-bond donors (Lipinski definition) is 1. The van der Waals surface area contributed by atoms with Crippen molar-refractivity contribution >= 4 is 38.4 Å². The van der Waals surface area contributed by atoms with Crippen molar-refractivity contribution in [2.24, 2.45) is 0 Å². The summed E-state index contributed by atoms with van der Waals surface area (Å²) in [5.74, 6) is -1.14. The molecule has 0 aliphatic heterocycles. The van der Waals surface area contributed by atoms with Crippen molar-refractivity contribution in [1.29, 1.82) is 0 Å². The molecule has 1 amide bonds. The third kappa shape index (κ3) is 5.32. The first kappa shape index (κ1) is 22.5. The van der Waals surface area contributed by atoms with Gasteiger partial charge in [0, 0.05) is 25.0 Å². The number of pyridine rings is 1. The van der Waals surface area contributed by atoms with Gasteiger partial charge in [0.05, 0.1) is 18.8 Å². The number of anilines is 1. The molecule has 11 heteroatoms. The molecule has 0 radical (unpaired) electrons. The van der Waals surface area contributed by atoms with Crippen molar-refractivity contribution in [2.45, 2.75) is 11.8 Å². The molecule has 0 spiro atoms. The molecule has 1 aromatic carbocycles. The van der Waals surface area contributed by atoms with Crippen LogP contribution < -0.4 is 5.32 Å². The predicted molar refractivity (Wildman–Crippen MR) is 116 cm³/mol. The zero-order chi connectivity index (χ0) is 22.4. The number of carbonyl (C=O) groups excluding carboxylic acids is 2. The van der Waals surface area contributed by atoms with E-state index in [9.17, 15) is 18.0 Å². The Hall–Kier alpha value is -3.15. The van der Waals surface area contributed by atoms with Gasteiger partial charge in [-0.2, -0.15) is 4.31 Å². The van der Waals surface area contributed by atoms with Gasteiger partial charge >= 0.3 is 5.97 Å². The van der Waals surface area contributed by atoms with Crippen LogP contribution >= 0.6 is 11.3 Å². The smallest absolute Gasteiger partial charge is 0.350 e. The molecule has 162 valence electrons. The fourth-order valence-corrected chi connectivity index (χ4v) is 4.62. The lowest BCUT2D eigenvalue weighted by Crippen LogP contribution is -2.35. The fraction of sp³-hybridized carbons (Fsp3) is 0.200. The van der Waals surface area contributed by atoms with Crippen LogP contribution in [-0.4, -0.2) is 54.8 Å². The van der Waals surface area contributed by atoms with Gasteiger partial charge in [0.25, 0.3) is 0 Å². The number of nitrogens with zero attached hydrogens (tertiary/aromatic N) is 3. The normalized spacial score (nSPS) is 11.3. The van der Waals surface area contributed by atoms with E-state index in [-0.39, 0.29) is 21.5 Å². The van der Waals surface area contributed by atoms with Crippen molar-refractivity contribution in [2.75, 3.05) is 25.5 Å². The number of hydrogen-bond acceptors (Lipinski definition) is 8. The molecule has 0 aliphatic rings. The van der Waals surface area contributed by atoms with Crippen molar-refractivity contribution in [3.63, 3.8) is 0 Å². The second kappa shape index (κ2) is 9.77. The minimum Gasteiger partial charge on any atom is -0.462 e. The molecule has 31 heavy (non-hydrogen) atoms. The van der Waals surface area contributed by atoms with Crippen LogP contribution in [0.3, 0.4) is 0 Å². The molecule has 0 bridgehead atoms. The Morgan fingerprint density at radius 3 is 2.55 bits per heavy atom. The predicted octanol–water partition coefficient (Wildman–Crippen LogP) is 2.64. The second-order valence-corrected chi connectivity index (χ2v) is 9.33. The lowest BCUT2D eigenvalue weighted by molar-refractivity contribution is -0.116. The number of amides is 1. The number of aromatic nitrogens is 2. The fourth-order valence-electron chi connectivity index (χ4n) is 2.63. The summed E-state index contributed by atoms with van der Waals surface area (Å²) in [6.45, 7) is 1.46. The Bertz CT molecular complexity index is 1160. The lowest BCUT2D eigenvalue weighted by Gasteiger charge is -2.16. The summed E-state index contributed by atoms with van der Waals surface area (Å²) in [5.41, 5.74) is 1.08. The Morgan fingerprint density at radius 1 is 1.16 bits per heavy atom. The van der Waals surface area contributed by atoms with Crippen LogP contribution in [0.1, 0.15) is 16.6 Å². The van der Waals surface area contributed by atoms with E-state index in [4.69, 9.17) is 4.74 Å². The van der Waals surface area contributed by atoms with Gasteiger partial charge in [-0.05, 0) is 19.1 Å². The molecule has 0 aliphatic carbocycles. The van der Waals surface area contributed by atoms with Crippen LogP contribution in [0.4, 0.5) is 5.13 Å². The average molecular weight is 461 g/mol. The lowest BCUT2D eigenvalue weighted by atomic mass is 10.1. The first-order chi connectivity index (χ1) is 14.8. The monoisotopic (exact) mass is 460 g/mol. The highest BCUT2D eigenvalue weighted by molar-refractivity contribution is 7.89. The average Bonchev–Trinajstić information content (AvgIpc) is 3.19. The van der Waals surface area contributed by atoms with Gasteiger partial charge in [-0.3, -0.25) is 9.78 Å². The van der Waals surface area contributed by atoms with E-state index in [1.165, 1.54) is 31.6 Å². The maximum absolute atomic E-state index is 12.6. The number of ether oxygens (including phenoxy) is 1. The first-order valence-corrected chi connectivity index (χ1v) is 11.5. The molecule has 2 heterocycles. The number of sulfonamides is 1. The summed E-state index contributed by atoms with van der Waals surface area (Å²) in [6.07, 6.45) is 2.67. The zero-order valence-electron chi connectivity index (χ0n) is 16.8. The summed E-state index contributed by atoms with van der Waals surface area (Å²) >= 11 is 0.966. The van der Waals surface area contributed by atoms with Crippen molar-refractivity contribution < 1.29 is 22.7 Å². The Kier molecular flexibility index (Phi) is 7.10. The number of rotatable bonds is 8. The Balaban J connectivity index is 1.79. The molecule has 0 fully saturated rings. The van der Waals surface area contributed by atoms with Crippen molar-refractivity contribution in [3.8, 4) is 11.3 Å². The number of thiazole rings is 1. The van der Waals surface area contributed by atoms with Crippen LogP contribution in [-0.2, 0) is 19.6 Å². The largest absolute Gasteiger partial charge is 0.462 e. The summed E-state index contributed by atoms with van der Waals surface area (Å²) in [7, 11) is -2.58. The number of likely N-dealkylation sites (N-methyl/N-ethyl adjacent to an activating group) is 1. The van der Waals surface area contributed by atoms with Crippen LogP contribution in [0.25, 0.3) is 11.3 Å². The molecule has 0 saturated carbocycles. The van der Waals surface area contributed by atoms with Crippen LogP contribution in [0.15, 0.2) is 59.8 Å². The summed E-state index contributed by atoms with van der Waals surface area (Å²) in [4.78, 5) is 33.2. The molecule has 0 saturated heterocycles. The third-order valence-corrected chi connectivity index (χ3v) is 6.83. The van der Waals surface area contributed by atoms with Gasteiger partial charge in [-0.15, -0.1) is 0 Å². The van der Waals surface area contributed by atoms with Gasteiger partial charge in [-0.25, -0.2) is 18.2 Å². The van der Waals surface area contributed by atoms with Crippen LogP contribution in [0.2, 0.25) is 0 Å². The van der Waals surface area contributed by atoms with Gasteiger partial charge in [0.1, 0.15) is 9.77 Å². The molecule has 0 unspecified atom stereocenters. The highest BCUT2D eigenvalue weighted by Crippen LogP contribution is 2.31. The van der Waals surface area contributed by atoms with Gasteiger partial charge in [0.2, 0.25) is 15.9 Å². The van der Waals surface area contributed by atoms with Gasteiger partial charge < -0.3 is 10.1 Å².